The number of nitrogens with one attached hydrogen (secondary N) is 2. The molecule has 4 rings (SSSR count). The van der Waals surface area contributed by atoms with Crippen molar-refractivity contribution in [3.63, 3.8) is 0 Å². The number of hydrogen-bond donors (Lipinski definition) is 2. The minimum atomic E-state index is -0.634. The fourth-order valence-electron chi connectivity index (χ4n) is 4.14. The van der Waals surface area contributed by atoms with Crippen LogP contribution in [0.4, 0.5) is 10.5 Å². The van der Waals surface area contributed by atoms with Crippen LogP contribution in [0.3, 0.4) is 0 Å². The van der Waals surface area contributed by atoms with E-state index in [0.717, 1.165) is 26.1 Å². The lowest BCUT2D eigenvalue weighted by atomic mass is 10.1. The largest absolute Gasteiger partial charge is 0.444 e. The second-order valence-corrected chi connectivity index (χ2v) is 11.8. The predicted molar refractivity (Wildman–Crippen MR) is 156 cm³/mol. The molecule has 0 aliphatic heterocycles. The molecule has 0 aliphatic carbocycles. The summed E-state index contributed by atoms with van der Waals surface area (Å²) in [6, 6.07) is 17.8. The molecule has 2 aromatic heterocycles. The lowest BCUT2D eigenvalue weighted by Gasteiger charge is -2.21. The van der Waals surface area contributed by atoms with E-state index < -0.39 is 17.6 Å². The number of carbonyl (C=O) groups is 2. The first-order valence-corrected chi connectivity index (χ1v) is 13.7. The molecule has 8 heteroatoms. The number of pyridine rings is 1. The van der Waals surface area contributed by atoms with E-state index in [9.17, 15) is 9.59 Å². The van der Waals surface area contributed by atoms with Crippen LogP contribution < -0.4 is 10.6 Å². The fourth-order valence-corrected chi connectivity index (χ4v) is 5.19. The number of anilines is 1. The molecular weight excluding hydrogens is 510 g/mol. The number of benzene rings is 2. The van der Waals surface area contributed by atoms with E-state index in [1.165, 1.54) is 22.5 Å². The van der Waals surface area contributed by atoms with Crippen LogP contribution in [0.25, 0.3) is 10.8 Å². The van der Waals surface area contributed by atoms with Gasteiger partial charge in [0.15, 0.2) is 0 Å². The highest BCUT2D eigenvalue weighted by molar-refractivity contribution is 7.12. The van der Waals surface area contributed by atoms with Crippen molar-refractivity contribution >= 4 is 39.8 Å². The normalized spacial score (nSPS) is 12.2. The van der Waals surface area contributed by atoms with Crippen molar-refractivity contribution in [1.82, 2.24) is 10.3 Å². The summed E-state index contributed by atoms with van der Waals surface area (Å²) >= 11 is 1.50. The average molecular weight is 546 g/mol. The highest BCUT2D eigenvalue weighted by Gasteiger charge is 2.25. The van der Waals surface area contributed by atoms with Crippen molar-refractivity contribution in [3.05, 3.63) is 93.4 Å². The molecule has 0 aliphatic rings. The lowest BCUT2D eigenvalue weighted by molar-refractivity contribution is -0.117. The molecule has 4 aromatic rings. The van der Waals surface area contributed by atoms with Crippen LogP contribution in [0.2, 0.25) is 0 Å². The van der Waals surface area contributed by atoms with E-state index in [-0.39, 0.29) is 12.5 Å². The molecule has 0 saturated carbocycles. The van der Waals surface area contributed by atoms with Gasteiger partial charge < -0.3 is 20.1 Å². The Morgan fingerprint density at radius 1 is 0.974 bits per heavy atom. The van der Waals surface area contributed by atoms with Crippen molar-refractivity contribution in [2.75, 3.05) is 11.9 Å². The van der Waals surface area contributed by atoms with E-state index in [2.05, 4.69) is 47.7 Å². The molecule has 0 fully saturated rings. The van der Waals surface area contributed by atoms with Gasteiger partial charge in [0, 0.05) is 39.8 Å². The molecule has 0 saturated heterocycles. The predicted octanol–water partition coefficient (Wildman–Crippen LogP) is 6.88. The lowest BCUT2D eigenvalue weighted by Crippen LogP contribution is -2.37. The minimum absolute atomic E-state index is 0.0988. The number of thiophene rings is 1. The second-order valence-electron chi connectivity index (χ2n) is 10.6. The average Bonchev–Trinajstić information content (AvgIpc) is 3.33. The number of carbonyl (C=O) groups excluding carboxylic acids is 2. The number of alkyl carbamates (subject to hydrolysis) is 1. The van der Waals surface area contributed by atoms with Gasteiger partial charge in [0.25, 0.3) is 0 Å². The van der Waals surface area contributed by atoms with E-state index in [1.807, 2.05) is 36.4 Å². The van der Waals surface area contributed by atoms with Crippen molar-refractivity contribution in [3.8, 4) is 0 Å². The topological polar surface area (TPSA) is 89.5 Å². The molecule has 2 heterocycles. The number of aryl methyl sites for hydroxylation is 2. The quantitative estimate of drug-likeness (QED) is 0.239. The minimum Gasteiger partial charge on any atom is -0.444 e. The molecule has 7 nitrogen and oxygen atoms in total. The van der Waals surface area contributed by atoms with Crippen LogP contribution in [0.5, 0.6) is 0 Å². The second kappa shape index (κ2) is 12.4. The van der Waals surface area contributed by atoms with Crippen molar-refractivity contribution < 1.29 is 19.1 Å². The zero-order chi connectivity index (χ0) is 28.0. The van der Waals surface area contributed by atoms with E-state index in [0.29, 0.717) is 18.9 Å². The van der Waals surface area contributed by atoms with Crippen molar-refractivity contribution in [2.24, 2.45) is 0 Å². The van der Waals surface area contributed by atoms with Gasteiger partial charge in [0.05, 0.1) is 19.1 Å². The van der Waals surface area contributed by atoms with Crippen LogP contribution in [-0.2, 0) is 27.5 Å². The highest BCUT2D eigenvalue weighted by atomic mass is 32.1. The molecule has 1 atom stereocenters. The zero-order valence-electron chi connectivity index (χ0n) is 23.0. The van der Waals surface area contributed by atoms with Crippen LogP contribution in [-0.4, -0.2) is 29.1 Å². The number of aromatic nitrogens is 1. The van der Waals surface area contributed by atoms with Gasteiger partial charge in [0.2, 0.25) is 5.91 Å². The number of fused-ring (bicyclic) bond motifs is 1. The molecule has 2 N–H and O–H groups in total. The maximum atomic E-state index is 13.5. The Labute approximate surface area is 233 Å². The third kappa shape index (κ3) is 8.12. The highest BCUT2D eigenvalue weighted by Crippen LogP contribution is 2.28. The summed E-state index contributed by atoms with van der Waals surface area (Å²) < 4.78 is 11.4. The number of ether oxygens (including phenoxy) is 2. The summed E-state index contributed by atoms with van der Waals surface area (Å²) in [5.74, 6) is -0.826. The summed E-state index contributed by atoms with van der Waals surface area (Å²) in [6.07, 6.45) is 2.94. The standard InChI is InChI=1S/C31H35N3O4S/c1-20-6-7-24(21(2)14-20)18-37-19-26-10-11-28(39-26)27(17-33-30(36)38-31(3,4)5)29(35)34-25-9-8-23-16-32-13-12-22(23)15-25/h6-16,27H,17-19H2,1-5H3,(H,33,36)(H,34,35). The number of nitrogens with zero attached hydrogens (tertiary/aromatic N) is 1. The third-order valence-corrected chi connectivity index (χ3v) is 7.27. The van der Waals surface area contributed by atoms with Gasteiger partial charge in [0.1, 0.15) is 5.60 Å². The summed E-state index contributed by atoms with van der Waals surface area (Å²) in [7, 11) is 0. The van der Waals surface area contributed by atoms with E-state index in [1.54, 1.807) is 33.2 Å². The Bertz CT molecular complexity index is 1460. The summed E-state index contributed by atoms with van der Waals surface area (Å²) in [6.45, 7) is 10.6. The fraction of sp³-hybridized carbons (Fsp3) is 0.323. The number of rotatable bonds is 9. The summed E-state index contributed by atoms with van der Waals surface area (Å²) in [5.41, 5.74) is 3.63. The molecule has 2 amide bonds. The third-order valence-electron chi connectivity index (χ3n) is 6.10. The number of amides is 2. The Morgan fingerprint density at radius 2 is 1.79 bits per heavy atom. The first-order chi connectivity index (χ1) is 18.6. The molecule has 1 unspecified atom stereocenters. The Morgan fingerprint density at radius 3 is 2.56 bits per heavy atom. The van der Waals surface area contributed by atoms with Crippen LogP contribution >= 0.6 is 11.3 Å². The van der Waals surface area contributed by atoms with Gasteiger partial charge in [-0.25, -0.2) is 4.79 Å². The first-order valence-electron chi connectivity index (χ1n) is 12.9. The Hall–Kier alpha value is -3.75. The molecular formula is C31H35N3O4S. The van der Waals surface area contributed by atoms with Gasteiger partial charge in [-0.2, -0.15) is 0 Å². The molecule has 0 bridgehead atoms. The summed E-state index contributed by atoms with van der Waals surface area (Å²) in [5, 5.41) is 7.74. The van der Waals surface area contributed by atoms with Gasteiger partial charge >= 0.3 is 6.09 Å². The maximum Gasteiger partial charge on any atom is 0.407 e. The Kier molecular flexibility index (Phi) is 8.99. The molecule has 0 spiro atoms. The van der Waals surface area contributed by atoms with Gasteiger partial charge in [-0.15, -0.1) is 11.3 Å². The smallest absolute Gasteiger partial charge is 0.407 e. The SMILES string of the molecule is Cc1ccc(COCc2ccc(C(CNC(=O)OC(C)(C)C)C(=O)Nc3ccc4cnccc4c3)s2)c(C)c1. The maximum absolute atomic E-state index is 13.5. The molecule has 2 aromatic carbocycles. The van der Waals surface area contributed by atoms with Gasteiger partial charge in [-0.05, 0) is 81.5 Å². The number of hydrogen-bond acceptors (Lipinski definition) is 6. The first kappa shape index (κ1) is 28.3. The Balaban J connectivity index is 1.46. The van der Waals surface area contributed by atoms with Gasteiger partial charge in [-0.1, -0.05) is 29.8 Å². The van der Waals surface area contributed by atoms with Crippen LogP contribution in [0.15, 0.2) is 67.0 Å². The van der Waals surface area contributed by atoms with Crippen molar-refractivity contribution in [2.45, 2.75) is 59.4 Å². The van der Waals surface area contributed by atoms with Crippen LogP contribution in [0.1, 0.15) is 53.1 Å². The van der Waals surface area contributed by atoms with E-state index in [4.69, 9.17) is 9.47 Å². The zero-order valence-corrected chi connectivity index (χ0v) is 23.9. The van der Waals surface area contributed by atoms with E-state index >= 15 is 0 Å². The van der Waals surface area contributed by atoms with Gasteiger partial charge in [-0.3, -0.25) is 9.78 Å². The molecule has 204 valence electrons. The van der Waals surface area contributed by atoms with Crippen LogP contribution in [0, 0.1) is 13.8 Å². The van der Waals surface area contributed by atoms with Crippen molar-refractivity contribution in [1.29, 1.82) is 0 Å². The monoisotopic (exact) mass is 545 g/mol. The summed E-state index contributed by atoms with van der Waals surface area (Å²) in [4.78, 5) is 31.8. The molecule has 39 heavy (non-hydrogen) atoms. The molecule has 0 radical (unpaired) electrons.